The number of carbonyl (C=O) groups excluding carboxylic acids is 1. The molecule has 0 saturated carbocycles. The van der Waals surface area contributed by atoms with Gasteiger partial charge in [0.05, 0.1) is 22.7 Å². The Bertz CT molecular complexity index is 653. The first-order valence-corrected chi connectivity index (χ1v) is 5.49. The molecule has 0 radical (unpaired) electrons. The summed E-state index contributed by atoms with van der Waals surface area (Å²) in [7, 11) is 1.25. The van der Waals surface area contributed by atoms with Crippen LogP contribution in [0.5, 0.6) is 0 Å². The van der Waals surface area contributed by atoms with Crippen molar-refractivity contribution in [2.75, 3.05) is 7.11 Å². The highest BCUT2D eigenvalue weighted by Gasteiger charge is 2.14. The van der Waals surface area contributed by atoms with Gasteiger partial charge in [-0.2, -0.15) is 5.10 Å². The number of nitrogens with zero attached hydrogens (tertiary/aromatic N) is 3. The summed E-state index contributed by atoms with van der Waals surface area (Å²) >= 11 is 5.95. The van der Waals surface area contributed by atoms with Gasteiger partial charge in [0.25, 0.3) is 5.69 Å². The molecule has 1 aromatic heterocycles. The Morgan fingerprint density at radius 1 is 1.47 bits per heavy atom. The molecule has 0 bridgehead atoms. The van der Waals surface area contributed by atoms with E-state index in [9.17, 15) is 14.9 Å². The van der Waals surface area contributed by atoms with Crippen LogP contribution in [0.3, 0.4) is 0 Å². The van der Waals surface area contributed by atoms with E-state index in [2.05, 4.69) is 9.84 Å². The lowest BCUT2D eigenvalue weighted by Crippen LogP contribution is -2.04. The second-order valence-corrected chi connectivity index (χ2v) is 3.94. The average molecular weight is 282 g/mol. The zero-order chi connectivity index (χ0) is 14.0. The molecule has 8 heteroatoms. The number of hydrogen-bond donors (Lipinski definition) is 0. The predicted molar refractivity (Wildman–Crippen MR) is 66.6 cm³/mol. The normalized spacial score (nSPS) is 10.2. The highest BCUT2D eigenvalue weighted by molar-refractivity contribution is 6.32. The maximum Gasteiger partial charge on any atom is 0.358 e. The number of methoxy groups -OCH3 is 1. The number of aromatic nitrogens is 2. The van der Waals surface area contributed by atoms with Crippen molar-refractivity contribution in [3.63, 3.8) is 0 Å². The summed E-state index contributed by atoms with van der Waals surface area (Å²) in [6.45, 7) is 0. The highest BCUT2D eigenvalue weighted by Crippen LogP contribution is 2.25. The van der Waals surface area contributed by atoms with Gasteiger partial charge in [-0.25, -0.2) is 9.48 Å². The van der Waals surface area contributed by atoms with Gasteiger partial charge in [0.15, 0.2) is 5.69 Å². The highest BCUT2D eigenvalue weighted by atomic mass is 35.5. The van der Waals surface area contributed by atoms with Crippen molar-refractivity contribution in [2.45, 2.75) is 0 Å². The van der Waals surface area contributed by atoms with Crippen molar-refractivity contribution in [1.29, 1.82) is 0 Å². The molecule has 2 aromatic rings. The Morgan fingerprint density at radius 2 is 2.21 bits per heavy atom. The van der Waals surface area contributed by atoms with Crippen LogP contribution >= 0.6 is 11.6 Å². The number of ether oxygens (including phenoxy) is 1. The lowest BCUT2D eigenvalue weighted by molar-refractivity contribution is -0.384. The van der Waals surface area contributed by atoms with Crippen molar-refractivity contribution in [3.05, 3.63) is 51.3 Å². The van der Waals surface area contributed by atoms with Gasteiger partial charge in [0.2, 0.25) is 0 Å². The molecule has 0 atom stereocenters. The number of esters is 1. The molecule has 0 N–H and O–H groups in total. The van der Waals surface area contributed by atoms with Gasteiger partial charge in [-0.1, -0.05) is 11.6 Å². The standard InChI is InChI=1S/C11H8ClN3O4/c1-19-11(16)9-4-5-14(13-9)10-3-2-7(15(17)18)6-8(10)12/h2-6H,1H3. The molecule has 0 fully saturated rings. The van der Waals surface area contributed by atoms with Crippen LogP contribution in [0.15, 0.2) is 30.5 Å². The zero-order valence-corrected chi connectivity index (χ0v) is 10.5. The largest absolute Gasteiger partial charge is 0.464 e. The Morgan fingerprint density at radius 3 is 2.79 bits per heavy atom. The maximum atomic E-state index is 11.3. The summed E-state index contributed by atoms with van der Waals surface area (Å²) in [5, 5.41) is 14.7. The first-order valence-electron chi connectivity index (χ1n) is 5.11. The number of benzene rings is 1. The third kappa shape index (κ3) is 2.55. The molecular weight excluding hydrogens is 274 g/mol. The minimum Gasteiger partial charge on any atom is -0.464 e. The van der Waals surface area contributed by atoms with E-state index >= 15 is 0 Å². The van der Waals surface area contributed by atoms with Crippen LogP contribution in [0, 0.1) is 10.1 Å². The van der Waals surface area contributed by atoms with E-state index in [1.54, 1.807) is 0 Å². The third-order valence-electron chi connectivity index (χ3n) is 2.37. The van der Waals surface area contributed by atoms with Crippen LogP contribution in [0.25, 0.3) is 5.69 Å². The molecule has 0 unspecified atom stereocenters. The molecule has 19 heavy (non-hydrogen) atoms. The van der Waals surface area contributed by atoms with Crippen molar-refractivity contribution in [2.24, 2.45) is 0 Å². The lowest BCUT2D eigenvalue weighted by atomic mass is 10.3. The summed E-state index contributed by atoms with van der Waals surface area (Å²) in [5.41, 5.74) is 0.438. The topological polar surface area (TPSA) is 87.3 Å². The number of non-ortho nitro benzene ring substituents is 1. The van der Waals surface area contributed by atoms with Crippen LogP contribution in [-0.2, 0) is 4.74 Å². The summed E-state index contributed by atoms with van der Waals surface area (Å²) < 4.78 is 5.87. The summed E-state index contributed by atoms with van der Waals surface area (Å²) in [6.07, 6.45) is 1.51. The molecule has 7 nitrogen and oxygen atoms in total. The number of rotatable bonds is 3. The smallest absolute Gasteiger partial charge is 0.358 e. The summed E-state index contributed by atoms with van der Waals surface area (Å²) in [6, 6.07) is 5.44. The lowest BCUT2D eigenvalue weighted by Gasteiger charge is -2.03. The van der Waals surface area contributed by atoms with Crippen molar-refractivity contribution in [1.82, 2.24) is 9.78 Å². The zero-order valence-electron chi connectivity index (χ0n) is 9.74. The second kappa shape index (κ2) is 5.07. The van der Waals surface area contributed by atoms with E-state index < -0.39 is 10.9 Å². The van der Waals surface area contributed by atoms with Gasteiger partial charge in [-0.05, 0) is 12.1 Å². The van der Waals surface area contributed by atoms with Crippen LogP contribution in [0.2, 0.25) is 5.02 Å². The molecule has 0 aliphatic carbocycles. The maximum absolute atomic E-state index is 11.3. The molecule has 0 saturated heterocycles. The van der Waals surface area contributed by atoms with Gasteiger partial charge in [-0.15, -0.1) is 0 Å². The van der Waals surface area contributed by atoms with E-state index in [1.165, 1.54) is 42.3 Å². The minimum atomic E-state index is -0.572. The Balaban J connectivity index is 2.39. The van der Waals surface area contributed by atoms with Crippen molar-refractivity contribution >= 4 is 23.3 Å². The number of carbonyl (C=O) groups is 1. The van der Waals surface area contributed by atoms with E-state index in [0.717, 1.165) is 0 Å². The van der Waals surface area contributed by atoms with Crippen molar-refractivity contribution < 1.29 is 14.5 Å². The molecular formula is C11H8ClN3O4. The Kier molecular flexibility index (Phi) is 3.48. The van der Waals surface area contributed by atoms with Gasteiger partial charge in [0.1, 0.15) is 0 Å². The molecule has 2 rings (SSSR count). The minimum absolute atomic E-state index is 0.117. The van der Waals surface area contributed by atoms with Crippen LogP contribution in [-0.4, -0.2) is 27.8 Å². The SMILES string of the molecule is COC(=O)c1ccn(-c2ccc([N+](=O)[O-])cc2Cl)n1. The van der Waals surface area contributed by atoms with E-state index in [1.807, 2.05) is 0 Å². The Labute approximate surface area is 112 Å². The third-order valence-corrected chi connectivity index (χ3v) is 2.68. The van der Waals surface area contributed by atoms with Gasteiger partial charge in [-0.3, -0.25) is 10.1 Å². The quantitative estimate of drug-likeness (QED) is 0.489. The van der Waals surface area contributed by atoms with Gasteiger partial charge >= 0.3 is 5.97 Å². The number of hydrogen-bond acceptors (Lipinski definition) is 5. The molecule has 0 aliphatic heterocycles. The average Bonchev–Trinajstić information content (AvgIpc) is 2.87. The predicted octanol–water partition coefficient (Wildman–Crippen LogP) is 2.22. The number of nitro benzene ring substituents is 1. The van der Waals surface area contributed by atoms with Crippen molar-refractivity contribution in [3.8, 4) is 5.69 Å². The molecule has 0 amide bonds. The first kappa shape index (κ1) is 13.0. The van der Waals surface area contributed by atoms with Crippen LogP contribution in [0.1, 0.15) is 10.5 Å². The van der Waals surface area contributed by atoms with Crippen LogP contribution < -0.4 is 0 Å². The number of halogens is 1. The second-order valence-electron chi connectivity index (χ2n) is 3.53. The molecule has 1 aromatic carbocycles. The molecule has 98 valence electrons. The van der Waals surface area contributed by atoms with E-state index in [-0.39, 0.29) is 16.4 Å². The molecule has 1 heterocycles. The Hall–Kier alpha value is -2.41. The summed E-state index contributed by atoms with van der Waals surface area (Å²) in [5.74, 6) is -0.572. The van der Waals surface area contributed by atoms with E-state index in [4.69, 9.17) is 11.6 Å². The number of nitro groups is 1. The molecule has 0 spiro atoms. The molecule has 0 aliphatic rings. The van der Waals surface area contributed by atoms with Crippen LogP contribution in [0.4, 0.5) is 5.69 Å². The van der Waals surface area contributed by atoms with E-state index in [0.29, 0.717) is 5.69 Å². The first-order chi connectivity index (χ1) is 9.02. The fourth-order valence-corrected chi connectivity index (χ4v) is 1.73. The van der Waals surface area contributed by atoms with Gasteiger partial charge < -0.3 is 4.74 Å². The summed E-state index contributed by atoms with van der Waals surface area (Å²) in [4.78, 5) is 21.3. The monoisotopic (exact) mass is 281 g/mol. The fourth-order valence-electron chi connectivity index (χ4n) is 1.47. The van der Waals surface area contributed by atoms with Gasteiger partial charge in [0, 0.05) is 18.3 Å². The fraction of sp³-hybridized carbons (Fsp3) is 0.0909.